The molecular weight excluding hydrogens is 289 g/mol. The van der Waals surface area contributed by atoms with Crippen molar-refractivity contribution in [3.8, 4) is 0 Å². The van der Waals surface area contributed by atoms with Crippen molar-refractivity contribution < 1.29 is 23.2 Å². The highest BCUT2D eigenvalue weighted by Gasteiger charge is 2.38. The van der Waals surface area contributed by atoms with Gasteiger partial charge in [0.1, 0.15) is 5.69 Å². The van der Waals surface area contributed by atoms with Crippen LogP contribution in [-0.4, -0.2) is 29.2 Å². The molecule has 1 aromatic carbocycles. The van der Waals surface area contributed by atoms with Crippen LogP contribution in [0.25, 0.3) is 0 Å². The number of β-amino-alcohol motifs (C(OH)–C–C–N with tert-alkyl or cyclic N) is 1. The summed E-state index contributed by atoms with van der Waals surface area (Å²) in [5.74, 6) is 0. The molecule has 0 atom stereocenters. The zero-order valence-electron chi connectivity index (χ0n) is 9.32. The van der Waals surface area contributed by atoms with Crippen LogP contribution in [0.4, 0.5) is 24.5 Å². The number of nitro groups is 1. The van der Waals surface area contributed by atoms with E-state index in [1.807, 2.05) is 0 Å². The molecule has 0 aliphatic carbocycles. The van der Waals surface area contributed by atoms with Gasteiger partial charge in [-0.1, -0.05) is 11.6 Å². The summed E-state index contributed by atoms with van der Waals surface area (Å²) in [5, 5.41) is 19.4. The second-order valence-electron chi connectivity index (χ2n) is 4.13. The summed E-state index contributed by atoms with van der Waals surface area (Å²) in [6.45, 7) is 0.255. The highest BCUT2D eigenvalue weighted by molar-refractivity contribution is 6.31. The van der Waals surface area contributed by atoms with Crippen molar-refractivity contribution in [2.75, 3.05) is 18.0 Å². The molecule has 0 radical (unpaired) electrons. The summed E-state index contributed by atoms with van der Waals surface area (Å²) in [6, 6.07) is 1.33. The van der Waals surface area contributed by atoms with Gasteiger partial charge in [-0.15, -0.1) is 0 Å². The van der Waals surface area contributed by atoms with E-state index in [0.717, 1.165) is 6.07 Å². The lowest BCUT2D eigenvalue weighted by molar-refractivity contribution is -0.384. The predicted molar refractivity (Wildman–Crippen MR) is 61.3 cm³/mol. The summed E-state index contributed by atoms with van der Waals surface area (Å²) < 4.78 is 37.9. The van der Waals surface area contributed by atoms with Crippen molar-refractivity contribution in [1.82, 2.24) is 0 Å². The first-order valence-corrected chi connectivity index (χ1v) is 5.56. The van der Waals surface area contributed by atoms with Crippen molar-refractivity contribution in [3.63, 3.8) is 0 Å². The number of hydrogen-bond acceptors (Lipinski definition) is 4. The molecule has 0 spiro atoms. The zero-order chi connectivity index (χ0) is 14.4. The maximum Gasteiger partial charge on any atom is 0.418 e. The van der Waals surface area contributed by atoms with Crippen LogP contribution in [0.1, 0.15) is 5.56 Å². The van der Waals surface area contributed by atoms with Crippen LogP contribution in [0.15, 0.2) is 12.1 Å². The van der Waals surface area contributed by atoms with Gasteiger partial charge in [-0.2, -0.15) is 13.2 Å². The lowest BCUT2D eigenvalue weighted by Gasteiger charge is -2.37. The number of benzene rings is 1. The van der Waals surface area contributed by atoms with E-state index >= 15 is 0 Å². The molecule has 5 nitrogen and oxygen atoms in total. The molecule has 104 valence electrons. The molecule has 1 N–H and O–H groups in total. The van der Waals surface area contributed by atoms with E-state index in [2.05, 4.69) is 0 Å². The zero-order valence-corrected chi connectivity index (χ0v) is 10.1. The SMILES string of the molecule is O=[N+]([O-])c1cc(C(F)(F)F)c(Cl)cc1N1CC(O)C1. The van der Waals surface area contributed by atoms with Crippen molar-refractivity contribution in [2.45, 2.75) is 12.3 Å². The van der Waals surface area contributed by atoms with Crippen LogP contribution in [-0.2, 0) is 6.18 Å². The molecule has 0 aromatic heterocycles. The van der Waals surface area contributed by atoms with Gasteiger partial charge in [-0.25, -0.2) is 0 Å². The molecule has 0 amide bonds. The number of anilines is 1. The molecule has 0 saturated carbocycles. The Bertz CT molecular complexity index is 529. The van der Waals surface area contributed by atoms with Gasteiger partial charge in [0.25, 0.3) is 5.69 Å². The maximum absolute atomic E-state index is 12.6. The van der Waals surface area contributed by atoms with Crippen molar-refractivity contribution in [3.05, 3.63) is 32.8 Å². The number of aliphatic hydroxyl groups is 1. The largest absolute Gasteiger partial charge is 0.418 e. The van der Waals surface area contributed by atoms with E-state index in [1.54, 1.807) is 0 Å². The maximum atomic E-state index is 12.6. The van der Waals surface area contributed by atoms with E-state index in [4.69, 9.17) is 16.7 Å². The first-order chi connectivity index (χ1) is 8.70. The average molecular weight is 297 g/mol. The Morgan fingerprint density at radius 3 is 2.42 bits per heavy atom. The van der Waals surface area contributed by atoms with Crippen LogP contribution in [0.2, 0.25) is 5.02 Å². The van der Waals surface area contributed by atoms with Gasteiger partial charge in [-0.3, -0.25) is 10.1 Å². The van der Waals surface area contributed by atoms with Crippen molar-refractivity contribution >= 4 is 23.0 Å². The van der Waals surface area contributed by atoms with Crippen molar-refractivity contribution in [1.29, 1.82) is 0 Å². The van der Waals surface area contributed by atoms with Gasteiger partial charge >= 0.3 is 6.18 Å². The minimum atomic E-state index is -4.76. The normalized spacial score (nSPS) is 16.4. The second-order valence-corrected chi connectivity index (χ2v) is 4.54. The third kappa shape index (κ3) is 2.59. The molecule has 1 saturated heterocycles. The third-order valence-electron chi connectivity index (χ3n) is 2.77. The molecule has 1 aliphatic heterocycles. The molecule has 0 bridgehead atoms. The number of nitrogens with zero attached hydrogens (tertiary/aromatic N) is 2. The van der Waals surface area contributed by atoms with Gasteiger partial charge in [0.05, 0.1) is 21.6 Å². The molecule has 2 rings (SSSR count). The van der Waals surface area contributed by atoms with Crippen molar-refractivity contribution in [2.24, 2.45) is 0 Å². The lowest BCUT2D eigenvalue weighted by atomic mass is 10.1. The van der Waals surface area contributed by atoms with E-state index in [9.17, 15) is 23.3 Å². The fourth-order valence-corrected chi connectivity index (χ4v) is 2.09. The first kappa shape index (κ1) is 13.9. The standard InChI is InChI=1S/C10H8ClF3N2O3/c11-7-2-8(15-3-5(17)4-15)9(16(18)19)1-6(7)10(12,13)14/h1-2,5,17H,3-4H2. The van der Waals surface area contributed by atoms with Crippen LogP contribution in [0.3, 0.4) is 0 Å². The highest BCUT2D eigenvalue weighted by Crippen LogP contribution is 2.42. The van der Waals surface area contributed by atoms with Crippen LogP contribution in [0.5, 0.6) is 0 Å². The Morgan fingerprint density at radius 2 is 2.00 bits per heavy atom. The Morgan fingerprint density at radius 1 is 1.42 bits per heavy atom. The number of hydrogen-bond donors (Lipinski definition) is 1. The van der Waals surface area contributed by atoms with E-state index in [0.29, 0.717) is 6.07 Å². The quantitative estimate of drug-likeness (QED) is 0.672. The topological polar surface area (TPSA) is 66.6 Å². The molecule has 0 unspecified atom stereocenters. The average Bonchev–Trinajstić information content (AvgIpc) is 2.22. The number of alkyl halides is 3. The number of nitro benzene ring substituents is 1. The minimum Gasteiger partial charge on any atom is -0.389 e. The van der Waals surface area contributed by atoms with E-state index < -0.39 is 33.5 Å². The molecule has 1 aliphatic rings. The summed E-state index contributed by atoms with van der Waals surface area (Å²) in [6.07, 6.45) is -5.39. The molecule has 1 fully saturated rings. The first-order valence-electron chi connectivity index (χ1n) is 5.18. The number of rotatable bonds is 2. The van der Waals surface area contributed by atoms with Gasteiger partial charge in [-0.05, 0) is 6.07 Å². The van der Waals surface area contributed by atoms with Gasteiger partial charge < -0.3 is 10.0 Å². The minimum absolute atomic E-state index is 0.0201. The Labute approximate surface area is 110 Å². The fraction of sp³-hybridized carbons (Fsp3) is 0.400. The summed E-state index contributed by atoms with van der Waals surface area (Å²) in [5.41, 5.74) is -1.94. The summed E-state index contributed by atoms with van der Waals surface area (Å²) in [4.78, 5) is 11.3. The van der Waals surface area contributed by atoms with Gasteiger partial charge in [0, 0.05) is 19.2 Å². The summed E-state index contributed by atoms with van der Waals surface area (Å²) in [7, 11) is 0. The van der Waals surface area contributed by atoms with Crippen LogP contribution >= 0.6 is 11.6 Å². The molecular formula is C10H8ClF3N2O3. The van der Waals surface area contributed by atoms with E-state index in [1.165, 1.54) is 4.90 Å². The fourth-order valence-electron chi connectivity index (χ4n) is 1.82. The van der Waals surface area contributed by atoms with Crippen LogP contribution in [0, 0.1) is 10.1 Å². The predicted octanol–water partition coefficient (Wildman–Crippen LogP) is 2.45. The molecule has 9 heteroatoms. The Balaban J connectivity index is 2.50. The second kappa shape index (κ2) is 4.53. The van der Waals surface area contributed by atoms with Gasteiger partial charge in [0.15, 0.2) is 0 Å². The molecule has 1 aromatic rings. The van der Waals surface area contributed by atoms with Crippen LogP contribution < -0.4 is 4.90 Å². The third-order valence-corrected chi connectivity index (χ3v) is 3.08. The number of halogens is 4. The van der Waals surface area contributed by atoms with E-state index in [-0.39, 0.29) is 18.8 Å². The molecule has 19 heavy (non-hydrogen) atoms. The highest BCUT2D eigenvalue weighted by atomic mass is 35.5. The number of aliphatic hydroxyl groups excluding tert-OH is 1. The summed E-state index contributed by atoms with van der Waals surface area (Å²) >= 11 is 5.52. The van der Waals surface area contributed by atoms with Gasteiger partial charge in [0.2, 0.25) is 0 Å². The Kier molecular flexibility index (Phi) is 3.31. The lowest BCUT2D eigenvalue weighted by Crippen LogP contribution is -2.51. The Hall–Kier alpha value is -1.54. The molecule has 1 heterocycles. The monoisotopic (exact) mass is 296 g/mol. The smallest absolute Gasteiger partial charge is 0.389 e.